The zero-order chi connectivity index (χ0) is 14.8. The van der Waals surface area contributed by atoms with Gasteiger partial charge in [0.15, 0.2) is 5.82 Å². The van der Waals surface area contributed by atoms with E-state index in [1.165, 1.54) is 6.20 Å². The number of nitrogens with one attached hydrogen (secondary N) is 1. The van der Waals surface area contributed by atoms with Crippen LogP contribution in [0.3, 0.4) is 0 Å². The van der Waals surface area contributed by atoms with Crippen molar-refractivity contribution in [1.29, 1.82) is 0 Å². The molecule has 1 aliphatic heterocycles. The number of pyridine rings is 1. The molecule has 0 radical (unpaired) electrons. The topological polar surface area (TPSA) is 75.9 Å². The van der Waals surface area contributed by atoms with Crippen LogP contribution in [0.1, 0.15) is 23.1 Å². The van der Waals surface area contributed by atoms with Gasteiger partial charge < -0.3 is 14.8 Å². The van der Waals surface area contributed by atoms with Gasteiger partial charge in [-0.15, -0.1) is 10.2 Å². The number of carbonyl (C=O) groups excluding carboxylic acids is 1. The highest BCUT2D eigenvalue weighted by atomic mass is 35.5. The van der Waals surface area contributed by atoms with E-state index in [0.29, 0.717) is 36.0 Å². The van der Waals surface area contributed by atoms with Crippen molar-refractivity contribution < 1.29 is 4.79 Å². The van der Waals surface area contributed by atoms with Crippen LogP contribution in [0.15, 0.2) is 18.6 Å². The van der Waals surface area contributed by atoms with Gasteiger partial charge in [-0.3, -0.25) is 4.79 Å². The van der Waals surface area contributed by atoms with E-state index in [1.807, 2.05) is 11.5 Å². The van der Waals surface area contributed by atoms with Gasteiger partial charge in [0, 0.05) is 25.8 Å². The van der Waals surface area contributed by atoms with Gasteiger partial charge in [0.05, 0.1) is 17.1 Å². The molecule has 1 amide bonds. The number of fused-ring (bicyclic) bond motifs is 1. The summed E-state index contributed by atoms with van der Waals surface area (Å²) in [6.07, 6.45) is 3.18. The van der Waals surface area contributed by atoms with Crippen molar-refractivity contribution in [3.63, 3.8) is 0 Å². The van der Waals surface area contributed by atoms with Crippen LogP contribution in [0.25, 0.3) is 0 Å². The first-order chi connectivity index (χ1) is 10.2. The highest BCUT2D eigenvalue weighted by molar-refractivity contribution is 6.33. The van der Waals surface area contributed by atoms with Crippen LogP contribution in [0, 0.1) is 0 Å². The second-order valence-corrected chi connectivity index (χ2v) is 5.15. The predicted octanol–water partition coefficient (Wildman–Crippen LogP) is 1.41. The zero-order valence-electron chi connectivity index (χ0n) is 11.6. The summed E-state index contributed by atoms with van der Waals surface area (Å²) in [6, 6.07) is 1.69. The maximum atomic E-state index is 12.6. The van der Waals surface area contributed by atoms with Crippen LogP contribution in [0.5, 0.6) is 0 Å². The van der Waals surface area contributed by atoms with Crippen molar-refractivity contribution in [3.05, 3.63) is 35.0 Å². The molecule has 0 aliphatic carbocycles. The van der Waals surface area contributed by atoms with Gasteiger partial charge in [0.1, 0.15) is 12.1 Å². The molecule has 0 atom stereocenters. The first kappa shape index (κ1) is 13.8. The molecular weight excluding hydrogens is 292 g/mol. The number of hydrogen-bond donors (Lipinski definition) is 1. The van der Waals surface area contributed by atoms with Gasteiger partial charge in [-0.05, 0) is 13.0 Å². The normalized spacial score (nSPS) is 13.9. The number of halogens is 1. The SMILES string of the molecule is CCNc1cc(C(=O)N2CCn3cnnc3C2)c(Cl)cn1. The van der Waals surface area contributed by atoms with Crippen LogP contribution in [0.2, 0.25) is 5.02 Å². The van der Waals surface area contributed by atoms with E-state index in [1.54, 1.807) is 17.3 Å². The van der Waals surface area contributed by atoms with Crippen LogP contribution in [-0.4, -0.2) is 43.6 Å². The molecule has 0 saturated heterocycles. The van der Waals surface area contributed by atoms with Gasteiger partial charge in [0.2, 0.25) is 0 Å². The Bertz CT molecular complexity index is 670. The summed E-state index contributed by atoms with van der Waals surface area (Å²) in [5.41, 5.74) is 0.454. The van der Waals surface area contributed by atoms with Gasteiger partial charge in [-0.1, -0.05) is 11.6 Å². The van der Waals surface area contributed by atoms with Crippen LogP contribution < -0.4 is 5.32 Å². The van der Waals surface area contributed by atoms with Crippen molar-refractivity contribution in [3.8, 4) is 0 Å². The Labute approximate surface area is 126 Å². The van der Waals surface area contributed by atoms with Crippen molar-refractivity contribution in [2.24, 2.45) is 0 Å². The molecule has 0 bridgehead atoms. The highest BCUT2D eigenvalue weighted by Gasteiger charge is 2.24. The van der Waals surface area contributed by atoms with Gasteiger partial charge >= 0.3 is 0 Å². The summed E-state index contributed by atoms with van der Waals surface area (Å²) in [5.74, 6) is 1.31. The fourth-order valence-corrected chi connectivity index (χ4v) is 2.47. The minimum Gasteiger partial charge on any atom is -0.370 e. The molecule has 0 fully saturated rings. The second-order valence-electron chi connectivity index (χ2n) is 4.75. The molecule has 21 heavy (non-hydrogen) atoms. The van der Waals surface area contributed by atoms with Gasteiger partial charge in [0.25, 0.3) is 5.91 Å². The number of hydrogen-bond acceptors (Lipinski definition) is 5. The van der Waals surface area contributed by atoms with Crippen LogP contribution in [-0.2, 0) is 13.1 Å². The lowest BCUT2D eigenvalue weighted by Crippen LogP contribution is -2.38. The molecule has 2 aromatic heterocycles. The lowest BCUT2D eigenvalue weighted by Gasteiger charge is -2.27. The molecule has 0 aromatic carbocycles. The molecule has 1 aliphatic rings. The minimum absolute atomic E-state index is 0.115. The molecule has 110 valence electrons. The van der Waals surface area contributed by atoms with E-state index < -0.39 is 0 Å². The first-order valence-corrected chi connectivity index (χ1v) is 7.12. The lowest BCUT2D eigenvalue weighted by atomic mass is 10.2. The fraction of sp³-hybridized carbons (Fsp3) is 0.385. The minimum atomic E-state index is -0.115. The Morgan fingerprint density at radius 3 is 3.14 bits per heavy atom. The monoisotopic (exact) mass is 306 g/mol. The molecule has 3 heterocycles. The zero-order valence-corrected chi connectivity index (χ0v) is 12.3. The van der Waals surface area contributed by atoms with E-state index in [0.717, 1.165) is 12.4 Å². The fourth-order valence-electron chi connectivity index (χ4n) is 2.29. The standard InChI is InChI=1S/C13H15ClN6O/c1-2-15-11-5-9(10(14)6-16-11)13(21)19-3-4-20-8-17-18-12(20)7-19/h5-6,8H,2-4,7H2,1H3,(H,15,16). The number of amides is 1. The molecule has 0 spiro atoms. The Morgan fingerprint density at radius 2 is 2.33 bits per heavy atom. The van der Waals surface area contributed by atoms with E-state index in [9.17, 15) is 4.79 Å². The molecule has 7 nitrogen and oxygen atoms in total. The molecule has 0 saturated carbocycles. The van der Waals surface area contributed by atoms with Gasteiger partial charge in [-0.2, -0.15) is 0 Å². The van der Waals surface area contributed by atoms with E-state index in [2.05, 4.69) is 20.5 Å². The summed E-state index contributed by atoms with van der Waals surface area (Å²) in [5, 5.41) is 11.3. The summed E-state index contributed by atoms with van der Waals surface area (Å²) < 4.78 is 1.95. The third kappa shape index (κ3) is 2.69. The Balaban J connectivity index is 1.84. The number of rotatable bonds is 3. The maximum absolute atomic E-state index is 12.6. The number of anilines is 1. The van der Waals surface area contributed by atoms with Crippen LogP contribution in [0.4, 0.5) is 5.82 Å². The lowest BCUT2D eigenvalue weighted by molar-refractivity contribution is 0.0707. The average molecular weight is 307 g/mol. The second kappa shape index (κ2) is 5.69. The molecule has 1 N–H and O–H groups in total. The third-order valence-corrected chi connectivity index (χ3v) is 3.67. The van der Waals surface area contributed by atoms with Crippen molar-refractivity contribution in [1.82, 2.24) is 24.6 Å². The largest absolute Gasteiger partial charge is 0.370 e. The summed E-state index contributed by atoms with van der Waals surface area (Å²) in [4.78, 5) is 18.5. The van der Waals surface area contributed by atoms with E-state index in [4.69, 9.17) is 11.6 Å². The quantitative estimate of drug-likeness (QED) is 0.928. The summed E-state index contributed by atoms with van der Waals surface area (Å²) in [7, 11) is 0. The Kier molecular flexibility index (Phi) is 3.74. The Morgan fingerprint density at radius 1 is 1.48 bits per heavy atom. The predicted molar refractivity (Wildman–Crippen MR) is 78.2 cm³/mol. The maximum Gasteiger partial charge on any atom is 0.256 e. The van der Waals surface area contributed by atoms with Crippen molar-refractivity contribution in [2.75, 3.05) is 18.4 Å². The highest BCUT2D eigenvalue weighted by Crippen LogP contribution is 2.21. The molecule has 2 aromatic rings. The average Bonchev–Trinajstić information content (AvgIpc) is 2.96. The smallest absolute Gasteiger partial charge is 0.256 e. The van der Waals surface area contributed by atoms with Crippen molar-refractivity contribution in [2.45, 2.75) is 20.0 Å². The van der Waals surface area contributed by atoms with E-state index in [-0.39, 0.29) is 5.91 Å². The van der Waals surface area contributed by atoms with Crippen molar-refractivity contribution >= 4 is 23.3 Å². The van der Waals surface area contributed by atoms with Crippen LogP contribution >= 0.6 is 11.6 Å². The number of nitrogens with zero attached hydrogens (tertiary/aromatic N) is 5. The Hall–Kier alpha value is -2.15. The number of carbonyl (C=O) groups is 1. The summed E-state index contributed by atoms with van der Waals surface area (Å²) >= 11 is 6.12. The number of aromatic nitrogens is 4. The van der Waals surface area contributed by atoms with E-state index >= 15 is 0 Å². The molecule has 3 rings (SSSR count). The first-order valence-electron chi connectivity index (χ1n) is 6.74. The molecule has 0 unspecified atom stereocenters. The molecular formula is C13H15ClN6O. The molecule has 8 heteroatoms. The summed E-state index contributed by atoms with van der Waals surface area (Å²) in [6.45, 7) is 4.44. The third-order valence-electron chi connectivity index (χ3n) is 3.37. The van der Waals surface area contributed by atoms with Gasteiger partial charge in [-0.25, -0.2) is 4.98 Å².